The van der Waals surface area contributed by atoms with Gasteiger partial charge in [0, 0.05) is 32.1 Å². The predicted octanol–water partition coefficient (Wildman–Crippen LogP) is 4.54. The normalized spacial score (nSPS) is 11.3. The van der Waals surface area contributed by atoms with E-state index < -0.39 is 0 Å². The minimum absolute atomic E-state index is 0.175. The highest BCUT2D eigenvalue weighted by Gasteiger charge is 2.09. The van der Waals surface area contributed by atoms with E-state index in [-0.39, 0.29) is 12.3 Å². The van der Waals surface area contributed by atoms with Gasteiger partial charge in [0.25, 0.3) is 0 Å². The first-order valence-electron chi connectivity index (χ1n) is 7.80. The number of para-hydroxylation sites is 1. The number of H-pyrrole nitrogens is 1. The van der Waals surface area contributed by atoms with Gasteiger partial charge in [-0.3, -0.25) is 4.79 Å². The second-order valence-electron chi connectivity index (χ2n) is 5.64. The zero-order valence-corrected chi connectivity index (χ0v) is 15.5. The first-order chi connectivity index (χ1) is 12.1. The molecule has 128 valence electrons. The van der Waals surface area contributed by atoms with Crippen LogP contribution in [0.25, 0.3) is 10.9 Å². The molecular weight excluding hydrogens is 354 g/mol. The van der Waals surface area contributed by atoms with Gasteiger partial charge >= 0.3 is 0 Å². The molecule has 0 radical (unpaired) electrons. The molecule has 4 nitrogen and oxygen atoms in total. The van der Waals surface area contributed by atoms with Crippen LogP contribution in [0.5, 0.6) is 0 Å². The van der Waals surface area contributed by atoms with Crippen molar-refractivity contribution in [2.45, 2.75) is 18.2 Å². The summed E-state index contributed by atoms with van der Waals surface area (Å²) in [6.45, 7) is 1.99. The number of hydrazone groups is 1. The Bertz CT molecular complexity index is 949. The van der Waals surface area contributed by atoms with Crippen molar-refractivity contribution in [3.05, 3.63) is 64.3 Å². The molecule has 1 heterocycles. The summed E-state index contributed by atoms with van der Waals surface area (Å²) in [4.78, 5) is 16.5. The van der Waals surface area contributed by atoms with Crippen LogP contribution in [0.3, 0.4) is 0 Å². The summed E-state index contributed by atoms with van der Waals surface area (Å²) in [7, 11) is 0. The van der Waals surface area contributed by atoms with E-state index in [2.05, 4.69) is 15.5 Å². The summed E-state index contributed by atoms with van der Waals surface area (Å²) >= 11 is 7.62. The maximum atomic E-state index is 12.2. The third-order valence-corrected chi connectivity index (χ3v) is 4.99. The van der Waals surface area contributed by atoms with Gasteiger partial charge < -0.3 is 4.98 Å². The first-order valence-corrected chi connectivity index (χ1v) is 9.40. The zero-order chi connectivity index (χ0) is 17.8. The lowest BCUT2D eigenvalue weighted by atomic mass is 10.1. The largest absolute Gasteiger partial charge is 0.358 e. The fraction of sp³-hybridized carbons (Fsp3) is 0.158. The van der Waals surface area contributed by atoms with Crippen LogP contribution in [-0.4, -0.2) is 23.4 Å². The molecule has 0 bridgehead atoms. The second kappa shape index (κ2) is 7.76. The third-order valence-electron chi connectivity index (χ3n) is 3.92. The third kappa shape index (κ3) is 4.06. The number of carbonyl (C=O) groups excluding carboxylic acids is 1. The molecule has 0 aliphatic heterocycles. The van der Waals surface area contributed by atoms with E-state index in [0.29, 0.717) is 5.02 Å². The van der Waals surface area contributed by atoms with Crippen molar-refractivity contribution in [3.63, 3.8) is 0 Å². The van der Waals surface area contributed by atoms with E-state index in [0.717, 1.165) is 32.6 Å². The van der Waals surface area contributed by atoms with Gasteiger partial charge in [-0.15, -0.1) is 11.8 Å². The van der Waals surface area contributed by atoms with Crippen molar-refractivity contribution < 1.29 is 4.79 Å². The van der Waals surface area contributed by atoms with Crippen LogP contribution < -0.4 is 5.43 Å². The quantitative estimate of drug-likeness (QED) is 0.393. The lowest BCUT2D eigenvalue weighted by Gasteiger charge is -2.07. The van der Waals surface area contributed by atoms with Gasteiger partial charge in [-0.1, -0.05) is 29.8 Å². The Morgan fingerprint density at radius 3 is 2.92 bits per heavy atom. The highest BCUT2D eigenvalue weighted by molar-refractivity contribution is 7.98. The Hall–Kier alpha value is -2.24. The molecular formula is C19H18ClN3OS. The summed E-state index contributed by atoms with van der Waals surface area (Å²) in [6, 6.07) is 13.6. The van der Waals surface area contributed by atoms with Crippen LogP contribution in [0.4, 0.5) is 0 Å². The van der Waals surface area contributed by atoms with Crippen LogP contribution in [-0.2, 0) is 11.2 Å². The topological polar surface area (TPSA) is 57.2 Å². The number of aryl methyl sites for hydroxylation is 1. The molecule has 0 saturated heterocycles. The fourth-order valence-electron chi connectivity index (χ4n) is 2.73. The Kier molecular flexibility index (Phi) is 5.46. The van der Waals surface area contributed by atoms with Gasteiger partial charge in [0.1, 0.15) is 0 Å². The molecule has 0 unspecified atom stereocenters. The smallest absolute Gasteiger partial charge is 0.244 e. The zero-order valence-electron chi connectivity index (χ0n) is 14.0. The van der Waals surface area contributed by atoms with E-state index in [1.165, 1.54) is 0 Å². The Morgan fingerprint density at radius 2 is 2.12 bits per heavy atom. The van der Waals surface area contributed by atoms with Crippen molar-refractivity contribution in [3.8, 4) is 0 Å². The summed E-state index contributed by atoms with van der Waals surface area (Å²) < 4.78 is 0. The highest BCUT2D eigenvalue weighted by atomic mass is 35.5. The van der Waals surface area contributed by atoms with Crippen LogP contribution in [0.2, 0.25) is 5.02 Å². The number of nitrogens with one attached hydrogen (secondary N) is 2. The number of rotatable bonds is 5. The molecule has 3 rings (SSSR count). The van der Waals surface area contributed by atoms with E-state index in [1.807, 2.05) is 55.6 Å². The lowest BCUT2D eigenvalue weighted by Crippen LogP contribution is -2.20. The molecule has 0 spiro atoms. The molecule has 1 amide bonds. The number of halogens is 1. The average Bonchev–Trinajstić information content (AvgIpc) is 2.91. The van der Waals surface area contributed by atoms with Crippen molar-refractivity contribution in [2.75, 3.05) is 6.26 Å². The van der Waals surface area contributed by atoms with Gasteiger partial charge in [-0.05, 0) is 43.0 Å². The average molecular weight is 372 g/mol. The molecule has 2 aromatic carbocycles. The number of nitrogens with zero attached hydrogens (tertiary/aromatic N) is 1. The molecule has 6 heteroatoms. The summed E-state index contributed by atoms with van der Waals surface area (Å²) in [5, 5.41) is 5.82. The summed E-state index contributed by atoms with van der Waals surface area (Å²) in [5.74, 6) is -0.175. The van der Waals surface area contributed by atoms with Crippen LogP contribution in [0.1, 0.15) is 16.8 Å². The molecule has 3 aromatic rings. The Balaban J connectivity index is 1.71. The second-order valence-corrected chi connectivity index (χ2v) is 6.92. The molecule has 0 atom stereocenters. The standard InChI is InChI=1S/C19H18ClN3OS/c1-12-16(15-5-3-4-6-17(15)22-12)11-21-23-19(24)10-13-9-14(20)7-8-18(13)25-2/h3-9,11,22H,10H2,1-2H3,(H,23,24)/b21-11-. The molecule has 2 N–H and O–H groups in total. The highest BCUT2D eigenvalue weighted by Crippen LogP contribution is 2.24. The SMILES string of the molecule is CSc1ccc(Cl)cc1CC(=O)N/N=C\c1c(C)[nH]c2ccccc12. The number of benzene rings is 2. The van der Waals surface area contributed by atoms with Gasteiger partial charge in [0.2, 0.25) is 5.91 Å². The summed E-state index contributed by atoms with van der Waals surface area (Å²) in [6.07, 6.45) is 3.89. The predicted molar refractivity (Wildman–Crippen MR) is 106 cm³/mol. The number of fused-ring (bicyclic) bond motifs is 1. The van der Waals surface area contributed by atoms with Crippen LogP contribution in [0, 0.1) is 6.92 Å². The summed E-state index contributed by atoms with van der Waals surface area (Å²) in [5.41, 5.74) is 6.54. The Morgan fingerprint density at radius 1 is 1.32 bits per heavy atom. The van der Waals surface area contributed by atoms with E-state index in [1.54, 1.807) is 18.0 Å². The number of thioether (sulfide) groups is 1. The van der Waals surface area contributed by atoms with Gasteiger partial charge in [-0.2, -0.15) is 5.10 Å². The molecule has 0 fully saturated rings. The minimum atomic E-state index is -0.175. The van der Waals surface area contributed by atoms with Gasteiger partial charge in [0.15, 0.2) is 0 Å². The van der Waals surface area contributed by atoms with Crippen molar-refractivity contribution >= 4 is 46.4 Å². The van der Waals surface area contributed by atoms with Gasteiger partial charge in [-0.25, -0.2) is 5.43 Å². The van der Waals surface area contributed by atoms with Crippen molar-refractivity contribution in [1.82, 2.24) is 10.4 Å². The molecule has 0 aliphatic rings. The van der Waals surface area contributed by atoms with E-state index in [4.69, 9.17) is 11.6 Å². The number of amides is 1. The number of hydrogen-bond donors (Lipinski definition) is 2. The van der Waals surface area contributed by atoms with Crippen molar-refractivity contribution in [2.24, 2.45) is 5.10 Å². The van der Waals surface area contributed by atoms with Gasteiger partial charge in [0.05, 0.1) is 12.6 Å². The maximum Gasteiger partial charge on any atom is 0.244 e. The maximum absolute atomic E-state index is 12.2. The molecule has 25 heavy (non-hydrogen) atoms. The monoisotopic (exact) mass is 371 g/mol. The van der Waals surface area contributed by atoms with Crippen LogP contribution in [0.15, 0.2) is 52.5 Å². The lowest BCUT2D eigenvalue weighted by molar-refractivity contribution is -0.120. The Labute approximate surface area is 155 Å². The van der Waals surface area contributed by atoms with Crippen molar-refractivity contribution in [1.29, 1.82) is 0 Å². The number of aromatic amines is 1. The van der Waals surface area contributed by atoms with E-state index >= 15 is 0 Å². The fourth-order valence-corrected chi connectivity index (χ4v) is 3.52. The number of hydrogen-bond acceptors (Lipinski definition) is 3. The first kappa shape index (κ1) is 17.6. The molecule has 0 aliphatic carbocycles. The minimum Gasteiger partial charge on any atom is -0.358 e. The van der Waals surface area contributed by atoms with E-state index in [9.17, 15) is 4.79 Å². The number of carbonyl (C=O) groups is 1. The van der Waals surface area contributed by atoms with Crippen LogP contribution >= 0.6 is 23.4 Å². The molecule has 1 aromatic heterocycles. The molecule has 0 saturated carbocycles. The number of aromatic nitrogens is 1.